The Morgan fingerprint density at radius 3 is 2.58 bits per heavy atom. The molecule has 0 fully saturated rings. The number of carbonyl (C=O) groups is 1. The molecule has 0 atom stereocenters. The Kier molecular flexibility index (Phi) is 6.74. The summed E-state index contributed by atoms with van der Waals surface area (Å²) in [6.45, 7) is 2.37. The fraction of sp³-hybridized carbons (Fsp3) is 0.240. The molecule has 4 aromatic rings. The highest BCUT2D eigenvalue weighted by Gasteiger charge is 2.15. The number of aryl methyl sites for hydroxylation is 1. The molecule has 2 aromatic carbocycles. The van der Waals surface area contributed by atoms with Gasteiger partial charge in [-0.1, -0.05) is 35.9 Å². The molecule has 33 heavy (non-hydrogen) atoms. The Labute approximate surface area is 195 Å². The fourth-order valence-corrected chi connectivity index (χ4v) is 4.53. The number of nitrogens with one attached hydrogen (secondary N) is 1. The van der Waals surface area contributed by atoms with Crippen molar-refractivity contribution < 1.29 is 14.3 Å². The lowest BCUT2D eigenvalue weighted by Gasteiger charge is -2.10. The van der Waals surface area contributed by atoms with Crippen molar-refractivity contribution in [3.05, 3.63) is 75.7 Å². The maximum Gasteiger partial charge on any atom is 0.263 e. The monoisotopic (exact) mass is 463 g/mol. The lowest BCUT2D eigenvalue weighted by Crippen LogP contribution is -2.33. The molecule has 0 unspecified atom stereocenters. The SMILES string of the molecule is COc1ccc(CCNC(=O)Cn2cnc3scc(-c4ccc(C)cc4)c3c2=O)cc1OC. The predicted octanol–water partition coefficient (Wildman–Crippen LogP) is 3.81. The van der Waals surface area contributed by atoms with Gasteiger partial charge in [-0.25, -0.2) is 4.98 Å². The smallest absolute Gasteiger partial charge is 0.263 e. The highest BCUT2D eigenvalue weighted by atomic mass is 32.1. The number of rotatable bonds is 8. The summed E-state index contributed by atoms with van der Waals surface area (Å²) in [7, 11) is 3.18. The number of aromatic nitrogens is 2. The molecule has 2 heterocycles. The Morgan fingerprint density at radius 2 is 1.85 bits per heavy atom. The first-order valence-electron chi connectivity index (χ1n) is 10.5. The van der Waals surface area contributed by atoms with E-state index in [-0.39, 0.29) is 18.0 Å². The number of hydrogen-bond acceptors (Lipinski definition) is 6. The Bertz CT molecular complexity index is 1340. The number of carbonyl (C=O) groups excluding carboxylic acids is 1. The minimum absolute atomic E-state index is 0.0864. The van der Waals surface area contributed by atoms with E-state index in [1.165, 1.54) is 22.2 Å². The lowest BCUT2D eigenvalue weighted by atomic mass is 10.1. The normalized spacial score (nSPS) is 10.9. The zero-order chi connectivity index (χ0) is 23.4. The summed E-state index contributed by atoms with van der Waals surface area (Å²) in [5.74, 6) is 1.06. The summed E-state index contributed by atoms with van der Waals surface area (Å²) >= 11 is 1.43. The van der Waals surface area contributed by atoms with Crippen molar-refractivity contribution in [1.29, 1.82) is 0 Å². The van der Waals surface area contributed by atoms with Gasteiger partial charge in [0.05, 0.1) is 25.9 Å². The predicted molar refractivity (Wildman–Crippen MR) is 130 cm³/mol. The van der Waals surface area contributed by atoms with Gasteiger partial charge in [-0.05, 0) is 36.6 Å². The van der Waals surface area contributed by atoms with Gasteiger partial charge in [-0.15, -0.1) is 11.3 Å². The molecule has 0 aliphatic heterocycles. The lowest BCUT2D eigenvalue weighted by molar-refractivity contribution is -0.121. The zero-order valence-corrected chi connectivity index (χ0v) is 19.6. The molecule has 0 spiro atoms. The van der Waals surface area contributed by atoms with Crippen LogP contribution in [0.2, 0.25) is 0 Å². The summed E-state index contributed by atoms with van der Waals surface area (Å²) in [5.41, 5.74) is 3.75. The minimum atomic E-state index is -0.245. The van der Waals surface area contributed by atoms with Crippen LogP contribution in [0.3, 0.4) is 0 Å². The molecular formula is C25H25N3O4S. The zero-order valence-electron chi connectivity index (χ0n) is 18.8. The van der Waals surface area contributed by atoms with Crippen LogP contribution in [0.4, 0.5) is 0 Å². The van der Waals surface area contributed by atoms with E-state index in [9.17, 15) is 9.59 Å². The average Bonchev–Trinajstić information content (AvgIpc) is 3.26. The van der Waals surface area contributed by atoms with E-state index in [2.05, 4.69) is 10.3 Å². The van der Waals surface area contributed by atoms with Crippen molar-refractivity contribution >= 4 is 27.5 Å². The molecule has 0 aliphatic carbocycles. The standard InChI is InChI=1S/C25H25N3O4S/c1-16-4-7-18(8-5-16)19-14-33-24-23(19)25(30)28(15-27-24)13-22(29)26-11-10-17-6-9-20(31-2)21(12-17)32-3/h4-9,12,14-15H,10-11,13H2,1-3H3,(H,26,29). The molecule has 2 aromatic heterocycles. The molecule has 1 N–H and O–H groups in total. The number of thiophene rings is 1. The average molecular weight is 464 g/mol. The Morgan fingerprint density at radius 1 is 1.09 bits per heavy atom. The van der Waals surface area contributed by atoms with Gasteiger partial charge in [-0.2, -0.15) is 0 Å². The van der Waals surface area contributed by atoms with Gasteiger partial charge in [0.25, 0.3) is 5.56 Å². The van der Waals surface area contributed by atoms with Gasteiger partial charge in [0, 0.05) is 17.5 Å². The third-order valence-corrected chi connectivity index (χ3v) is 6.31. The van der Waals surface area contributed by atoms with Crippen LogP contribution >= 0.6 is 11.3 Å². The summed E-state index contributed by atoms with van der Waals surface area (Å²) in [6.07, 6.45) is 2.06. The molecule has 170 valence electrons. The van der Waals surface area contributed by atoms with Crippen molar-refractivity contribution in [2.45, 2.75) is 19.9 Å². The quantitative estimate of drug-likeness (QED) is 0.430. The molecule has 1 amide bonds. The molecule has 0 saturated heterocycles. The van der Waals surface area contributed by atoms with E-state index in [4.69, 9.17) is 9.47 Å². The van der Waals surface area contributed by atoms with Crippen molar-refractivity contribution in [2.24, 2.45) is 0 Å². The Hall–Kier alpha value is -3.65. The fourth-order valence-electron chi connectivity index (χ4n) is 3.62. The maximum absolute atomic E-state index is 13.1. The Balaban J connectivity index is 1.45. The molecule has 8 heteroatoms. The van der Waals surface area contributed by atoms with Gasteiger partial charge in [-0.3, -0.25) is 14.2 Å². The molecule has 7 nitrogen and oxygen atoms in total. The molecule has 0 saturated carbocycles. The van der Waals surface area contributed by atoms with Crippen molar-refractivity contribution in [1.82, 2.24) is 14.9 Å². The van der Waals surface area contributed by atoms with E-state index >= 15 is 0 Å². The second-order valence-electron chi connectivity index (χ2n) is 7.66. The third kappa shape index (κ3) is 4.90. The van der Waals surface area contributed by atoms with Gasteiger partial charge in [0.15, 0.2) is 11.5 Å². The van der Waals surface area contributed by atoms with Crippen LogP contribution in [0.15, 0.2) is 59.0 Å². The van der Waals surface area contributed by atoms with Gasteiger partial charge in [0.2, 0.25) is 5.91 Å². The van der Waals surface area contributed by atoms with Gasteiger partial charge < -0.3 is 14.8 Å². The molecule has 0 radical (unpaired) electrons. The van der Waals surface area contributed by atoms with Crippen LogP contribution in [0.1, 0.15) is 11.1 Å². The van der Waals surface area contributed by atoms with Crippen molar-refractivity contribution in [3.8, 4) is 22.6 Å². The van der Waals surface area contributed by atoms with Crippen LogP contribution in [0.5, 0.6) is 11.5 Å². The third-order valence-electron chi connectivity index (χ3n) is 5.42. The minimum Gasteiger partial charge on any atom is -0.493 e. The number of amides is 1. The van der Waals surface area contributed by atoms with Crippen molar-refractivity contribution in [2.75, 3.05) is 20.8 Å². The van der Waals surface area contributed by atoms with E-state index < -0.39 is 0 Å². The van der Waals surface area contributed by atoms with E-state index in [1.807, 2.05) is 54.8 Å². The van der Waals surface area contributed by atoms with E-state index in [1.54, 1.807) is 14.2 Å². The van der Waals surface area contributed by atoms with Crippen LogP contribution in [-0.2, 0) is 17.8 Å². The topological polar surface area (TPSA) is 82.5 Å². The second kappa shape index (κ2) is 9.87. The van der Waals surface area contributed by atoms with Gasteiger partial charge >= 0.3 is 0 Å². The molecule has 0 bridgehead atoms. The first kappa shape index (κ1) is 22.5. The first-order valence-corrected chi connectivity index (χ1v) is 11.4. The highest BCUT2D eigenvalue weighted by Crippen LogP contribution is 2.30. The number of benzene rings is 2. The summed E-state index contributed by atoms with van der Waals surface area (Å²) in [5, 5.41) is 5.36. The highest BCUT2D eigenvalue weighted by molar-refractivity contribution is 7.17. The van der Waals surface area contributed by atoms with E-state index in [0.29, 0.717) is 34.7 Å². The van der Waals surface area contributed by atoms with E-state index in [0.717, 1.165) is 22.3 Å². The van der Waals surface area contributed by atoms with Crippen LogP contribution < -0.4 is 20.3 Å². The largest absolute Gasteiger partial charge is 0.493 e. The molecule has 4 rings (SSSR count). The van der Waals surface area contributed by atoms with Crippen molar-refractivity contribution in [3.63, 3.8) is 0 Å². The molecular weight excluding hydrogens is 438 g/mol. The number of fused-ring (bicyclic) bond motifs is 1. The number of methoxy groups -OCH3 is 2. The second-order valence-corrected chi connectivity index (χ2v) is 8.52. The summed E-state index contributed by atoms with van der Waals surface area (Å²) < 4.78 is 11.9. The number of nitrogens with zero attached hydrogens (tertiary/aromatic N) is 2. The van der Waals surface area contributed by atoms with Crippen LogP contribution in [0, 0.1) is 6.92 Å². The molecule has 0 aliphatic rings. The first-order chi connectivity index (χ1) is 16.0. The summed E-state index contributed by atoms with van der Waals surface area (Å²) in [6, 6.07) is 13.7. The van der Waals surface area contributed by atoms with Crippen LogP contribution in [0.25, 0.3) is 21.3 Å². The van der Waals surface area contributed by atoms with Gasteiger partial charge in [0.1, 0.15) is 11.4 Å². The number of hydrogen-bond donors (Lipinski definition) is 1. The van der Waals surface area contributed by atoms with Crippen LogP contribution in [-0.4, -0.2) is 36.2 Å². The maximum atomic E-state index is 13.1. The number of ether oxygens (including phenoxy) is 2. The summed E-state index contributed by atoms with van der Waals surface area (Å²) in [4.78, 5) is 30.7.